The number of halogens is 1. The van der Waals surface area contributed by atoms with E-state index in [9.17, 15) is 9.18 Å². The molecule has 2 aliphatic rings. The molecule has 0 radical (unpaired) electrons. The Morgan fingerprint density at radius 1 is 1.62 bits per heavy atom. The third-order valence-corrected chi connectivity index (χ3v) is 1.87. The molecule has 4 nitrogen and oxygen atoms in total. The van der Waals surface area contributed by atoms with Gasteiger partial charge in [-0.1, -0.05) is 6.08 Å². The quantitative estimate of drug-likeness (QED) is 0.665. The number of carbonyl (C=O) groups is 1. The maximum atomic E-state index is 13.3. The first-order chi connectivity index (χ1) is 6.20. The highest BCUT2D eigenvalue weighted by molar-refractivity contribution is 5.92. The van der Waals surface area contributed by atoms with Gasteiger partial charge in [-0.05, 0) is 6.08 Å². The van der Waals surface area contributed by atoms with Gasteiger partial charge in [0.25, 0.3) is 0 Å². The lowest BCUT2D eigenvalue weighted by Crippen LogP contribution is -2.12. The van der Waals surface area contributed by atoms with Crippen LogP contribution in [0.1, 0.15) is 0 Å². The van der Waals surface area contributed by atoms with Gasteiger partial charge in [-0.25, -0.2) is 9.18 Å². The van der Waals surface area contributed by atoms with Crippen molar-refractivity contribution in [1.29, 1.82) is 0 Å². The van der Waals surface area contributed by atoms with Gasteiger partial charge >= 0.3 is 5.97 Å². The molecule has 66 valence electrons. The van der Waals surface area contributed by atoms with Crippen LogP contribution < -0.4 is 0 Å². The second-order valence-electron chi connectivity index (χ2n) is 2.65. The standard InChI is InChI=1S/C8H5FN2O2/c9-7-4(8(12)13)1-2-6-5(7)3-10-11-6/h1-3,6H,(H,12,13)/t6-/m0/s1. The van der Waals surface area contributed by atoms with Crippen LogP contribution in [0.15, 0.2) is 45.6 Å². The number of carboxylic acids is 1. The summed E-state index contributed by atoms with van der Waals surface area (Å²) >= 11 is 0. The summed E-state index contributed by atoms with van der Waals surface area (Å²) < 4.78 is 13.3. The fourth-order valence-corrected chi connectivity index (χ4v) is 1.22. The first-order valence-corrected chi connectivity index (χ1v) is 3.62. The lowest BCUT2D eigenvalue weighted by molar-refractivity contribution is -0.132. The number of hydrogen-bond donors (Lipinski definition) is 1. The van der Waals surface area contributed by atoms with Crippen molar-refractivity contribution in [2.45, 2.75) is 6.04 Å². The summed E-state index contributed by atoms with van der Waals surface area (Å²) in [5, 5.41) is 15.8. The molecule has 1 atom stereocenters. The van der Waals surface area contributed by atoms with Crippen LogP contribution in [0.4, 0.5) is 4.39 Å². The zero-order valence-electron chi connectivity index (χ0n) is 6.44. The van der Waals surface area contributed by atoms with Gasteiger partial charge in [0.1, 0.15) is 11.9 Å². The van der Waals surface area contributed by atoms with Gasteiger partial charge in [0, 0.05) is 5.57 Å². The van der Waals surface area contributed by atoms with Gasteiger partial charge in [0.2, 0.25) is 0 Å². The molecular formula is C8H5FN2O2. The van der Waals surface area contributed by atoms with E-state index in [2.05, 4.69) is 10.2 Å². The van der Waals surface area contributed by atoms with Crippen molar-refractivity contribution in [1.82, 2.24) is 0 Å². The van der Waals surface area contributed by atoms with Gasteiger partial charge in [0.15, 0.2) is 0 Å². The normalized spacial score (nSPS) is 24.7. The number of carboxylic acid groups (broad SMARTS) is 1. The van der Waals surface area contributed by atoms with Crippen LogP contribution in [0, 0.1) is 0 Å². The van der Waals surface area contributed by atoms with Crippen molar-refractivity contribution < 1.29 is 14.3 Å². The number of fused-ring (bicyclic) bond motifs is 1. The summed E-state index contributed by atoms with van der Waals surface area (Å²) in [6.45, 7) is 0. The van der Waals surface area contributed by atoms with Crippen molar-refractivity contribution in [3.63, 3.8) is 0 Å². The third kappa shape index (κ3) is 1.09. The minimum absolute atomic E-state index is 0.222. The molecule has 0 unspecified atom stereocenters. The third-order valence-electron chi connectivity index (χ3n) is 1.87. The second kappa shape index (κ2) is 2.62. The van der Waals surface area contributed by atoms with Crippen molar-refractivity contribution >= 4 is 5.97 Å². The highest BCUT2D eigenvalue weighted by Crippen LogP contribution is 2.31. The van der Waals surface area contributed by atoms with E-state index in [1.165, 1.54) is 18.4 Å². The van der Waals surface area contributed by atoms with Gasteiger partial charge < -0.3 is 5.11 Å². The molecule has 0 bridgehead atoms. The summed E-state index contributed by atoms with van der Waals surface area (Å²) in [5.41, 5.74) is -0.116. The van der Waals surface area contributed by atoms with Gasteiger partial charge in [-0.2, -0.15) is 10.2 Å². The van der Waals surface area contributed by atoms with Crippen LogP contribution in [0.5, 0.6) is 0 Å². The second-order valence-corrected chi connectivity index (χ2v) is 2.65. The van der Waals surface area contributed by atoms with Crippen molar-refractivity contribution in [2.75, 3.05) is 0 Å². The summed E-state index contributed by atoms with van der Waals surface area (Å²) in [6, 6.07) is -0.442. The fraction of sp³-hybridized carbons (Fsp3) is 0.125. The van der Waals surface area contributed by atoms with E-state index in [0.717, 1.165) is 0 Å². The van der Waals surface area contributed by atoms with Gasteiger partial charge in [-0.15, -0.1) is 0 Å². The zero-order valence-corrected chi connectivity index (χ0v) is 6.44. The average molecular weight is 180 g/mol. The minimum atomic E-state index is -1.28. The molecule has 0 aromatic carbocycles. The Morgan fingerprint density at radius 2 is 2.38 bits per heavy atom. The fourth-order valence-electron chi connectivity index (χ4n) is 1.22. The minimum Gasteiger partial charge on any atom is -0.478 e. The topological polar surface area (TPSA) is 62.0 Å². The molecule has 0 saturated heterocycles. The smallest absolute Gasteiger partial charge is 0.338 e. The maximum absolute atomic E-state index is 13.3. The largest absolute Gasteiger partial charge is 0.478 e. The molecule has 1 aliphatic carbocycles. The summed E-state index contributed by atoms with van der Waals surface area (Å²) in [6.07, 6.45) is 3.96. The highest BCUT2D eigenvalue weighted by atomic mass is 19.1. The Balaban J connectivity index is 2.47. The average Bonchev–Trinajstić information content (AvgIpc) is 2.52. The highest BCUT2D eigenvalue weighted by Gasteiger charge is 2.27. The van der Waals surface area contributed by atoms with Gasteiger partial charge in [0.05, 0.1) is 11.8 Å². The van der Waals surface area contributed by atoms with E-state index in [1.807, 2.05) is 0 Å². The molecule has 13 heavy (non-hydrogen) atoms. The SMILES string of the molecule is O=C(O)C1=C(F)C2=CN=N[C@H]2C=C1. The monoisotopic (exact) mass is 180 g/mol. The molecule has 0 saturated carbocycles. The van der Waals surface area contributed by atoms with Crippen LogP contribution in [0.3, 0.4) is 0 Å². The molecule has 1 N–H and O–H groups in total. The van der Waals surface area contributed by atoms with Crippen LogP contribution in [0.2, 0.25) is 0 Å². The van der Waals surface area contributed by atoms with E-state index in [-0.39, 0.29) is 11.1 Å². The summed E-state index contributed by atoms with van der Waals surface area (Å²) in [5.74, 6) is -2.02. The Labute approximate surface area is 72.8 Å². The number of hydrogen-bond acceptors (Lipinski definition) is 3. The Kier molecular flexibility index (Phi) is 1.58. The Hall–Kier alpha value is -1.78. The van der Waals surface area contributed by atoms with E-state index >= 15 is 0 Å². The molecule has 0 fully saturated rings. The number of nitrogens with zero attached hydrogens (tertiary/aromatic N) is 2. The van der Waals surface area contributed by atoms with Crippen LogP contribution in [-0.2, 0) is 4.79 Å². The summed E-state index contributed by atoms with van der Waals surface area (Å²) in [4.78, 5) is 10.5. The number of rotatable bonds is 1. The summed E-state index contributed by atoms with van der Waals surface area (Å²) in [7, 11) is 0. The van der Waals surface area contributed by atoms with Gasteiger partial charge in [-0.3, -0.25) is 0 Å². The first-order valence-electron chi connectivity index (χ1n) is 3.62. The number of azo groups is 1. The first kappa shape index (κ1) is 7.85. The predicted molar refractivity (Wildman–Crippen MR) is 41.6 cm³/mol. The van der Waals surface area contributed by atoms with E-state index in [1.54, 1.807) is 0 Å². The molecule has 0 spiro atoms. The molecule has 1 aliphatic heterocycles. The van der Waals surface area contributed by atoms with E-state index in [0.29, 0.717) is 0 Å². The Bertz CT molecular complexity index is 393. The van der Waals surface area contributed by atoms with Crippen LogP contribution >= 0.6 is 0 Å². The van der Waals surface area contributed by atoms with Crippen LogP contribution in [0.25, 0.3) is 0 Å². The Morgan fingerprint density at radius 3 is 3.08 bits per heavy atom. The molecule has 1 heterocycles. The molecule has 0 aromatic heterocycles. The molecule has 2 rings (SSSR count). The van der Waals surface area contributed by atoms with E-state index in [4.69, 9.17) is 5.11 Å². The molecule has 5 heteroatoms. The zero-order chi connectivity index (χ0) is 9.42. The van der Waals surface area contributed by atoms with Crippen molar-refractivity contribution in [2.24, 2.45) is 10.2 Å². The maximum Gasteiger partial charge on any atom is 0.338 e. The molecular weight excluding hydrogens is 175 g/mol. The van der Waals surface area contributed by atoms with E-state index < -0.39 is 17.8 Å². The number of aliphatic carboxylic acids is 1. The van der Waals surface area contributed by atoms with Crippen LogP contribution in [-0.4, -0.2) is 17.1 Å². The van der Waals surface area contributed by atoms with Crippen molar-refractivity contribution in [3.05, 3.63) is 35.3 Å². The van der Waals surface area contributed by atoms with Crippen molar-refractivity contribution in [3.8, 4) is 0 Å². The predicted octanol–water partition coefficient (Wildman–Crippen LogP) is 1.58. The lowest BCUT2D eigenvalue weighted by atomic mass is 9.98. The lowest BCUT2D eigenvalue weighted by Gasteiger charge is -2.11. The molecule has 0 aromatic rings. The molecule has 0 amide bonds.